The maximum atomic E-state index is 12.3. The lowest BCUT2D eigenvalue weighted by Crippen LogP contribution is -2.28. The van der Waals surface area contributed by atoms with E-state index in [2.05, 4.69) is 23.9 Å². The molecule has 20 heavy (non-hydrogen) atoms. The van der Waals surface area contributed by atoms with Gasteiger partial charge in [-0.15, -0.1) is 0 Å². The molecule has 0 aliphatic heterocycles. The highest BCUT2D eigenvalue weighted by Gasteiger charge is 2.47. The van der Waals surface area contributed by atoms with Gasteiger partial charge in [-0.3, -0.25) is 0 Å². The number of benzene rings is 1. The van der Waals surface area contributed by atoms with Crippen LogP contribution in [0.1, 0.15) is 32.8 Å². The average molecular weight is 317 g/mol. The predicted octanol–water partition coefficient (Wildman–Crippen LogP) is 2.53. The van der Waals surface area contributed by atoms with Crippen LogP contribution in [0.15, 0.2) is 23.1 Å². The molecule has 2 N–H and O–H groups in total. The van der Waals surface area contributed by atoms with E-state index in [4.69, 9.17) is 11.6 Å². The van der Waals surface area contributed by atoms with E-state index in [9.17, 15) is 8.42 Å². The second kappa shape index (κ2) is 5.64. The number of halogens is 1. The van der Waals surface area contributed by atoms with E-state index < -0.39 is 10.0 Å². The summed E-state index contributed by atoms with van der Waals surface area (Å²) in [5, 5.41) is 3.73. The summed E-state index contributed by atoms with van der Waals surface area (Å²) in [6.45, 7) is 7.47. The Morgan fingerprint density at radius 3 is 2.60 bits per heavy atom. The lowest BCUT2D eigenvalue weighted by Gasteiger charge is -2.11. The monoisotopic (exact) mass is 316 g/mol. The predicted molar refractivity (Wildman–Crippen MR) is 81.3 cm³/mol. The average Bonchev–Trinajstić information content (AvgIpc) is 2.94. The highest BCUT2D eigenvalue weighted by molar-refractivity contribution is 7.89. The highest BCUT2D eigenvalue weighted by Crippen LogP contribution is 2.45. The molecule has 1 aromatic rings. The molecular weight excluding hydrogens is 296 g/mol. The molecule has 1 aliphatic rings. The van der Waals surface area contributed by atoms with Crippen molar-refractivity contribution in [1.29, 1.82) is 0 Å². The number of hydrogen-bond acceptors (Lipinski definition) is 3. The fourth-order valence-electron chi connectivity index (χ4n) is 2.04. The van der Waals surface area contributed by atoms with Gasteiger partial charge >= 0.3 is 0 Å². The standard InChI is InChI=1S/C14H21ClN2O2S/c1-4-16-9-10-7-11(5-6-12(10)15)20(18,19)17-13-8-14(13,2)3/h5-7,13,16-17H,4,8-9H2,1-3H3. The molecule has 0 bridgehead atoms. The topological polar surface area (TPSA) is 58.2 Å². The van der Waals surface area contributed by atoms with Crippen LogP contribution in [0, 0.1) is 5.41 Å². The smallest absolute Gasteiger partial charge is 0.240 e. The molecule has 1 saturated carbocycles. The molecule has 1 aromatic carbocycles. The fraction of sp³-hybridized carbons (Fsp3) is 0.571. The summed E-state index contributed by atoms with van der Waals surface area (Å²) < 4.78 is 27.4. The van der Waals surface area contributed by atoms with Gasteiger partial charge in [0.25, 0.3) is 0 Å². The molecular formula is C14H21ClN2O2S. The molecule has 2 rings (SSSR count). The van der Waals surface area contributed by atoms with Crippen molar-refractivity contribution in [3.63, 3.8) is 0 Å². The lowest BCUT2D eigenvalue weighted by molar-refractivity contribution is 0.555. The first kappa shape index (κ1) is 15.8. The molecule has 0 heterocycles. The summed E-state index contributed by atoms with van der Waals surface area (Å²) >= 11 is 6.09. The van der Waals surface area contributed by atoms with Gasteiger partial charge in [0.05, 0.1) is 4.90 Å². The largest absolute Gasteiger partial charge is 0.313 e. The van der Waals surface area contributed by atoms with Crippen LogP contribution in [-0.4, -0.2) is 21.0 Å². The van der Waals surface area contributed by atoms with Crippen LogP contribution in [0.5, 0.6) is 0 Å². The first-order valence-electron chi connectivity index (χ1n) is 6.78. The van der Waals surface area contributed by atoms with Crippen molar-refractivity contribution in [2.75, 3.05) is 6.54 Å². The molecule has 1 atom stereocenters. The van der Waals surface area contributed by atoms with Gasteiger partial charge in [0, 0.05) is 17.6 Å². The summed E-state index contributed by atoms with van der Waals surface area (Å²) in [6.07, 6.45) is 0.879. The normalized spacial score (nSPS) is 20.9. The van der Waals surface area contributed by atoms with Crippen molar-refractivity contribution in [3.05, 3.63) is 28.8 Å². The first-order chi connectivity index (χ1) is 9.26. The zero-order valence-corrected chi connectivity index (χ0v) is 13.6. The van der Waals surface area contributed by atoms with Gasteiger partial charge < -0.3 is 5.32 Å². The quantitative estimate of drug-likeness (QED) is 0.848. The molecule has 4 nitrogen and oxygen atoms in total. The van der Waals surface area contributed by atoms with Crippen LogP contribution >= 0.6 is 11.6 Å². The van der Waals surface area contributed by atoms with Crippen molar-refractivity contribution in [2.45, 2.75) is 44.7 Å². The minimum Gasteiger partial charge on any atom is -0.313 e. The highest BCUT2D eigenvalue weighted by atomic mass is 35.5. The van der Waals surface area contributed by atoms with E-state index in [1.165, 1.54) is 0 Å². The zero-order chi connectivity index (χ0) is 15.0. The van der Waals surface area contributed by atoms with Gasteiger partial charge in [-0.2, -0.15) is 0 Å². The number of hydrogen-bond donors (Lipinski definition) is 2. The molecule has 0 radical (unpaired) electrons. The van der Waals surface area contributed by atoms with Crippen molar-refractivity contribution >= 4 is 21.6 Å². The van der Waals surface area contributed by atoms with Gasteiger partial charge in [0.15, 0.2) is 0 Å². The Balaban J connectivity index is 2.19. The van der Waals surface area contributed by atoms with E-state index in [0.717, 1.165) is 18.5 Å². The lowest BCUT2D eigenvalue weighted by atomic mass is 10.2. The summed E-state index contributed by atoms with van der Waals surface area (Å²) in [5.74, 6) is 0. The van der Waals surface area contributed by atoms with Crippen LogP contribution in [0.3, 0.4) is 0 Å². The molecule has 112 valence electrons. The van der Waals surface area contributed by atoms with Crippen molar-refractivity contribution in [2.24, 2.45) is 5.41 Å². The van der Waals surface area contributed by atoms with E-state index >= 15 is 0 Å². The van der Waals surface area contributed by atoms with Crippen molar-refractivity contribution in [1.82, 2.24) is 10.0 Å². The maximum absolute atomic E-state index is 12.3. The van der Waals surface area contributed by atoms with Crippen LogP contribution in [0.2, 0.25) is 5.02 Å². The zero-order valence-electron chi connectivity index (χ0n) is 12.0. The number of nitrogens with one attached hydrogen (secondary N) is 2. The molecule has 0 spiro atoms. The second-order valence-corrected chi connectivity index (χ2v) is 8.02. The summed E-state index contributed by atoms with van der Waals surface area (Å²) in [5.41, 5.74) is 0.859. The van der Waals surface area contributed by atoms with Crippen molar-refractivity contribution < 1.29 is 8.42 Å². The Morgan fingerprint density at radius 1 is 1.40 bits per heavy atom. The van der Waals surface area contributed by atoms with E-state index in [0.29, 0.717) is 11.6 Å². The Bertz CT molecular complexity index is 599. The Morgan fingerprint density at radius 2 is 2.05 bits per heavy atom. The molecule has 1 aliphatic carbocycles. The molecule has 0 saturated heterocycles. The Kier molecular flexibility index (Phi) is 4.44. The maximum Gasteiger partial charge on any atom is 0.240 e. The first-order valence-corrected chi connectivity index (χ1v) is 8.64. The van der Waals surface area contributed by atoms with Crippen molar-refractivity contribution in [3.8, 4) is 0 Å². The van der Waals surface area contributed by atoms with E-state index in [1.807, 2.05) is 6.92 Å². The molecule has 1 fully saturated rings. The Hall–Kier alpha value is -0.620. The minimum absolute atomic E-state index is 0.0281. The van der Waals surface area contributed by atoms with Crippen LogP contribution in [0.25, 0.3) is 0 Å². The summed E-state index contributed by atoms with van der Waals surface area (Å²) in [6, 6.07) is 4.86. The third kappa shape index (κ3) is 3.52. The molecule has 0 aromatic heterocycles. The van der Waals surface area contributed by atoms with Crippen LogP contribution in [0.4, 0.5) is 0 Å². The number of sulfonamides is 1. The summed E-state index contributed by atoms with van der Waals surface area (Å²) in [7, 11) is -3.47. The van der Waals surface area contributed by atoms with E-state index in [1.54, 1.807) is 18.2 Å². The number of rotatable bonds is 6. The third-order valence-corrected chi connectivity index (χ3v) is 5.54. The molecule has 6 heteroatoms. The molecule has 0 amide bonds. The van der Waals surface area contributed by atoms with Gasteiger partial charge in [-0.05, 0) is 42.1 Å². The summed E-state index contributed by atoms with van der Waals surface area (Å²) in [4.78, 5) is 0.275. The SMILES string of the molecule is CCNCc1cc(S(=O)(=O)NC2CC2(C)C)ccc1Cl. The van der Waals surface area contributed by atoms with Gasteiger partial charge in [0.2, 0.25) is 10.0 Å². The second-order valence-electron chi connectivity index (χ2n) is 5.90. The van der Waals surface area contributed by atoms with Crippen LogP contribution in [-0.2, 0) is 16.6 Å². The minimum atomic E-state index is -3.47. The van der Waals surface area contributed by atoms with E-state index in [-0.39, 0.29) is 16.4 Å². The van der Waals surface area contributed by atoms with Crippen LogP contribution < -0.4 is 10.0 Å². The van der Waals surface area contributed by atoms with Gasteiger partial charge in [-0.25, -0.2) is 13.1 Å². The Labute approximate surface area is 126 Å². The fourth-order valence-corrected chi connectivity index (χ4v) is 3.68. The third-order valence-electron chi connectivity index (χ3n) is 3.70. The van der Waals surface area contributed by atoms with Gasteiger partial charge in [0.1, 0.15) is 0 Å². The molecule has 1 unspecified atom stereocenters. The van der Waals surface area contributed by atoms with Gasteiger partial charge in [-0.1, -0.05) is 32.4 Å².